The number of aryl methyl sites for hydroxylation is 1. The van der Waals surface area contributed by atoms with Gasteiger partial charge in [0.25, 0.3) is 0 Å². The Morgan fingerprint density at radius 2 is 2.18 bits per heavy atom. The van der Waals surface area contributed by atoms with Crippen molar-refractivity contribution in [2.75, 3.05) is 5.32 Å². The van der Waals surface area contributed by atoms with Crippen LogP contribution >= 0.6 is 11.6 Å². The van der Waals surface area contributed by atoms with E-state index in [1.807, 2.05) is 0 Å². The summed E-state index contributed by atoms with van der Waals surface area (Å²) < 4.78 is 27.8. The standard InChI is InChI=1S/C10H9ClF2N4/c1-17-7(5-15-16-17)4-14-10-8(11)2-6(12)3-9(10)13/h2-3,5,14H,4H2,1H3. The Bertz CT molecular complexity index is 518. The van der Waals surface area contributed by atoms with Crippen molar-refractivity contribution in [2.24, 2.45) is 7.05 Å². The Morgan fingerprint density at radius 1 is 1.41 bits per heavy atom. The Balaban J connectivity index is 2.17. The van der Waals surface area contributed by atoms with E-state index < -0.39 is 11.6 Å². The van der Waals surface area contributed by atoms with Gasteiger partial charge in [0.2, 0.25) is 0 Å². The number of anilines is 1. The van der Waals surface area contributed by atoms with E-state index in [0.29, 0.717) is 6.54 Å². The van der Waals surface area contributed by atoms with Crippen molar-refractivity contribution in [3.05, 3.63) is 40.7 Å². The van der Waals surface area contributed by atoms with Crippen LogP contribution in [0.3, 0.4) is 0 Å². The van der Waals surface area contributed by atoms with E-state index >= 15 is 0 Å². The number of halogens is 3. The van der Waals surface area contributed by atoms with E-state index in [1.165, 1.54) is 0 Å². The van der Waals surface area contributed by atoms with Crippen molar-refractivity contribution in [3.8, 4) is 0 Å². The highest BCUT2D eigenvalue weighted by Crippen LogP contribution is 2.26. The van der Waals surface area contributed by atoms with Gasteiger partial charge in [-0.05, 0) is 6.07 Å². The fourth-order valence-corrected chi connectivity index (χ4v) is 1.62. The lowest BCUT2D eigenvalue weighted by atomic mass is 10.3. The molecule has 0 bridgehead atoms. The number of rotatable bonds is 3. The van der Waals surface area contributed by atoms with Crippen LogP contribution in [-0.4, -0.2) is 15.0 Å². The van der Waals surface area contributed by atoms with E-state index in [2.05, 4.69) is 15.6 Å². The highest BCUT2D eigenvalue weighted by atomic mass is 35.5. The summed E-state index contributed by atoms with van der Waals surface area (Å²) >= 11 is 5.73. The third kappa shape index (κ3) is 2.52. The first-order chi connectivity index (χ1) is 8.08. The van der Waals surface area contributed by atoms with Crippen molar-refractivity contribution in [1.29, 1.82) is 0 Å². The molecule has 4 nitrogen and oxygen atoms in total. The fraction of sp³-hybridized carbons (Fsp3) is 0.200. The summed E-state index contributed by atoms with van der Waals surface area (Å²) in [7, 11) is 1.71. The second kappa shape index (κ2) is 4.67. The molecule has 2 aromatic rings. The first-order valence-electron chi connectivity index (χ1n) is 4.80. The molecule has 0 unspecified atom stereocenters. The second-order valence-corrected chi connectivity index (χ2v) is 3.85. The summed E-state index contributed by atoms with van der Waals surface area (Å²) in [6.45, 7) is 0.297. The molecule has 0 saturated carbocycles. The van der Waals surface area contributed by atoms with Gasteiger partial charge in [-0.1, -0.05) is 16.8 Å². The van der Waals surface area contributed by atoms with Gasteiger partial charge in [-0.2, -0.15) is 0 Å². The molecule has 1 aromatic heterocycles. The van der Waals surface area contributed by atoms with Crippen molar-refractivity contribution >= 4 is 17.3 Å². The van der Waals surface area contributed by atoms with Gasteiger partial charge in [-0.15, -0.1) is 5.10 Å². The maximum Gasteiger partial charge on any atom is 0.150 e. The van der Waals surface area contributed by atoms with Gasteiger partial charge in [-0.25, -0.2) is 8.78 Å². The summed E-state index contributed by atoms with van der Waals surface area (Å²) in [6, 6.07) is 1.82. The molecular formula is C10H9ClF2N4. The molecule has 1 N–H and O–H groups in total. The average molecular weight is 259 g/mol. The Labute approximate surface area is 101 Å². The quantitative estimate of drug-likeness (QED) is 0.919. The fourth-order valence-electron chi connectivity index (χ4n) is 1.36. The highest BCUT2D eigenvalue weighted by Gasteiger charge is 2.10. The van der Waals surface area contributed by atoms with Gasteiger partial charge in [0, 0.05) is 13.1 Å². The molecule has 0 fully saturated rings. The second-order valence-electron chi connectivity index (χ2n) is 3.45. The van der Waals surface area contributed by atoms with Crippen LogP contribution in [0.25, 0.3) is 0 Å². The summed E-state index contributed by atoms with van der Waals surface area (Å²) in [6.07, 6.45) is 1.54. The van der Waals surface area contributed by atoms with Crippen LogP contribution < -0.4 is 5.32 Å². The van der Waals surface area contributed by atoms with E-state index in [0.717, 1.165) is 17.8 Å². The largest absolute Gasteiger partial charge is 0.376 e. The zero-order chi connectivity index (χ0) is 12.4. The van der Waals surface area contributed by atoms with E-state index in [-0.39, 0.29) is 10.7 Å². The molecule has 0 aliphatic carbocycles. The normalized spacial score (nSPS) is 10.6. The molecule has 1 aromatic carbocycles. The van der Waals surface area contributed by atoms with Crippen LogP contribution in [0.2, 0.25) is 5.02 Å². The Hall–Kier alpha value is -1.69. The Morgan fingerprint density at radius 3 is 2.76 bits per heavy atom. The first kappa shape index (κ1) is 11.8. The van der Waals surface area contributed by atoms with Crippen LogP contribution in [0.5, 0.6) is 0 Å². The monoisotopic (exact) mass is 258 g/mol. The molecular weight excluding hydrogens is 250 g/mol. The lowest BCUT2D eigenvalue weighted by Gasteiger charge is -2.09. The van der Waals surface area contributed by atoms with Crippen LogP contribution in [-0.2, 0) is 13.6 Å². The molecule has 2 rings (SSSR count). The summed E-state index contributed by atoms with van der Waals surface area (Å²) in [4.78, 5) is 0. The first-order valence-corrected chi connectivity index (χ1v) is 5.17. The van der Waals surface area contributed by atoms with Crippen molar-refractivity contribution in [1.82, 2.24) is 15.0 Å². The minimum atomic E-state index is -0.731. The van der Waals surface area contributed by atoms with Crippen LogP contribution in [0.4, 0.5) is 14.5 Å². The topological polar surface area (TPSA) is 42.7 Å². The number of hydrogen-bond donors (Lipinski definition) is 1. The lowest BCUT2D eigenvalue weighted by molar-refractivity contribution is 0.584. The molecule has 0 aliphatic heterocycles. The summed E-state index contributed by atoms with van der Waals surface area (Å²) in [5.74, 6) is -1.44. The van der Waals surface area contributed by atoms with Gasteiger partial charge >= 0.3 is 0 Å². The highest BCUT2D eigenvalue weighted by molar-refractivity contribution is 6.33. The van der Waals surface area contributed by atoms with Crippen LogP contribution in [0.1, 0.15) is 5.69 Å². The minimum absolute atomic E-state index is 0.00220. The third-order valence-electron chi connectivity index (χ3n) is 2.26. The van der Waals surface area contributed by atoms with E-state index in [1.54, 1.807) is 17.9 Å². The van der Waals surface area contributed by atoms with Gasteiger partial charge < -0.3 is 5.32 Å². The minimum Gasteiger partial charge on any atom is -0.376 e. The van der Waals surface area contributed by atoms with Gasteiger partial charge in [0.15, 0.2) is 5.82 Å². The predicted molar refractivity (Wildman–Crippen MR) is 59.7 cm³/mol. The summed E-state index contributed by atoms with van der Waals surface area (Å²) in [5, 5.41) is 10.2. The molecule has 0 aliphatic rings. The van der Waals surface area contributed by atoms with Crippen LogP contribution in [0.15, 0.2) is 18.3 Å². The molecule has 0 atom stereocenters. The smallest absolute Gasteiger partial charge is 0.150 e. The van der Waals surface area contributed by atoms with Gasteiger partial charge in [0.1, 0.15) is 5.82 Å². The predicted octanol–water partition coefficient (Wildman–Crippen LogP) is 2.36. The maximum atomic E-state index is 13.4. The molecule has 0 amide bonds. The third-order valence-corrected chi connectivity index (χ3v) is 2.56. The molecule has 1 heterocycles. The Kier molecular flexibility index (Phi) is 3.23. The SMILES string of the molecule is Cn1nncc1CNc1c(F)cc(F)cc1Cl. The average Bonchev–Trinajstić information content (AvgIpc) is 2.62. The van der Waals surface area contributed by atoms with Crippen molar-refractivity contribution in [3.63, 3.8) is 0 Å². The number of benzene rings is 1. The molecule has 0 radical (unpaired) electrons. The number of nitrogens with zero attached hydrogens (tertiary/aromatic N) is 3. The van der Waals surface area contributed by atoms with Gasteiger partial charge in [-0.3, -0.25) is 4.68 Å². The van der Waals surface area contributed by atoms with Crippen molar-refractivity contribution in [2.45, 2.75) is 6.54 Å². The zero-order valence-corrected chi connectivity index (χ0v) is 9.67. The lowest BCUT2D eigenvalue weighted by Crippen LogP contribution is -2.07. The van der Waals surface area contributed by atoms with E-state index in [9.17, 15) is 8.78 Å². The maximum absolute atomic E-state index is 13.4. The van der Waals surface area contributed by atoms with Gasteiger partial charge in [0.05, 0.1) is 29.1 Å². The zero-order valence-electron chi connectivity index (χ0n) is 8.91. The number of nitrogens with one attached hydrogen (secondary N) is 1. The van der Waals surface area contributed by atoms with Crippen molar-refractivity contribution < 1.29 is 8.78 Å². The van der Waals surface area contributed by atoms with Crippen LogP contribution in [0, 0.1) is 11.6 Å². The number of hydrogen-bond acceptors (Lipinski definition) is 3. The van der Waals surface area contributed by atoms with E-state index in [4.69, 9.17) is 11.6 Å². The summed E-state index contributed by atoms with van der Waals surface area (Å²) in [5.41, 5.74) is 0.819. The molecule has 0 saturated heterocycles. The molecule has 0 spiro atoms. The molecule has 7 heteroatoms. The molecule has 90 valence electrons. The number of aromatic nitrogens is 3. The molecule has 17 heavy (non-hydrogen) atoms.